The van der Waals surface area contributed by atoms with Crippen LogP contribution in [0.5, 0.6) is 0 Å². The van der Waals surface area contributed by atoms with Crippen LogP contribution < -0.4 is 5.32 Å². The Morgan fingerprint density at radius 2 is 1.69 bits per heavy atom. The number of aliphatic hydroxyl groups excluding tert-OH is 1. The Balaban J connectivity index is 2.82. The molecule has 0 fully saturated rings. The number of hydrogen-bond acceptors (Lipinski definition) is 2. The molecule has 2 N–H and O–H groups in total. The molecule has 1 aromatic carbocycles. The minimum atomic E-state index is -0.230. The second-order valence-electron chi connectivity index (χ2n) is 4.42. The van der Waals surface area contributed by atoms with E-state index in [1.807, 2.05) is 13.8 Å². The molecule has 0 heterocycles. The Labute approximate surface area is 111 Å². The van der Waals surface area contributed by atoms with Crippen LogP contribution in [-0.4, -0.2) is 18.3 Å². The van der Waals surface area contributed by atoms with E-state index in [4.69, 9.17) is 39.9 Å². The zero-order valence-electron chi connectivity index (χ0n) is 9.15. The van der Waals surface area contributed by atoms with E-state index in [0.717, 1.165) is 0 Å². The molecule has 1 aromatic rings. The molecule has 0 radical (unpaired) electrons. The molecule has 90 valence electrons. The lowest BCUT2D eigenvalue weighted by molar-refractivity contribution is 0.171. The van der Waals surface area contributed by atoms with Crippen molar-refractivity contribution >= 4 is 40.5 Å². The van der Waals surface area contributed by atoms with Crippen molar-refractivity contribution in [1.29, 1.82) is 0 Å². The number of anilines is 1. The lowest BCUT2D eigenvalue weighted by Crippen LogP contribution is -2.26. The van der Waals surface area contributed by atoms with Crippen molar-refractivity contribution in [3.63, 3.8) is 0 Å². The van der Waals surface area contributed by atoms with Crippen molar-refractivity contribution in [1.82, 2.24) is 0 Å². The van der Waals surface area contributed by atoms with Gasteiger partial charge in [0, 0.05) is 23.6 Å². The molecule has 0 saturated carbocycles. The van der Waals surface area contributed by atoms with Crippen molar-refractivity contribution in [2.24, 2.45) is 5.41 Å². The highest BCUT2D eigenvalue weighted by Crippen LogP contribution is 2.34. The van der Waals surface area contributed by atoms with Crippen LogP contribution in [0, 0.1) is 5.41 Å². The molecule has 2 nitrogen and oxygen atoms in total. The lowest BCUT2D eigenvalue weighted by atomic mass is 9.95. The van der Waals surface area contributed by atoms with Gasteiger partial charge in [-0.25, -0.2) is 0 Å². The summed E-state index contributed by atoms with van der Waals surface area (Å²) in [5, 5.41) is 13.7. The van der Waals surface area contributed by atoms with Gasteiger partial charge in [-0.3, -0.25) is 0 Å². The SMILES string of the molecule is CC(C)(CO)CNc1c(Cl)cc(Cl)cc1Cl. The van der Waals surface area contributed by atoms with Crippen molar-refractivity contribution in [3.8, 4) is 0 Å². The lowest BCUT2D eigenvalue weighted by Gasteiger charge is -2.23. The van der Waals surface area contributed by atoms with Crippen LogP contribution in [0.3, 0.4) is 0 Å². The smallest absolute Gasteiger partial charge is 0.0720 e. The number of aliphatic hydroxyl groups is 1. The Morgan fingerprint density at radius 3 is 2.12 bits per heavy atom. The Kier molecular flexibility index (Phi) is 4.74. The monoisotopic (exact) mass is 281 g/mol. The van der Waals surface area contributed by atoms with E-state index in [1.54, 1.807) is 12.1 Å². The number of hydrogen-bond donors (Lipinski definition) is 2. The summed E-state index contributed by atoms with van der Waals surface area (Å²) in [5.41, 5.74) is 0.418. The van der Waals surface area contributed by atoms with Gasteiger partial charge in [0.1, 0.15) is 0 Å². The van der Waals surface area contributed by atoms with E-state index in [2.05, 4.69) is 5.32 Å². The number of nitrogens with one attached hydrogen (secondary N) is 1. The summed E-state index contributed by atoms with van der Waals surface area (Å²) in [7, 11) is 0. The average molecular weight is 283 g/mol. The highest BCUT2D eigenvalue weighted by Gasteiger charge is 2.17. The van der Waals surface area contributed by atoms with Crippen LogP contribution in [0.25, 0.3) is 0 Å². The van der Waals surface area contributed by atoms with Gasteiger partial charge in [0.05, 0.1) is 15.7 Å². The standard InChI is InChI=1S/C11H14Cl3NO/c1-11(2,6-16)5-15-10-8(13)3-7(12)4-9(10)14/h3-4,15-16H,5-6H2,1-2H3. The summed E-state index contributed by atoms with van der Waals surface area (Å²) in [6.07, 6.45) is 0. The van der Waals surface area contributed by atoms with Crippen molar-refractivity contribution < 1.29 is 5.11 Å². The molecule has 5 heteroatoms. The van der Waals surface area contributed by atoms with Gasteiger partial charge in [-0.2, -0.15) is 0 Å². The van der Waals surface area contributed by atoms with Crippen LogP contribution in [0.2, 0.25) is 15.1 Å². The first-order valence-corrected chi connectivity index (χ1v) is 5.98. The van der Waals surface area contributed by atoms with Gasteiger partial charge in [-0.05, 0) is 12.1 Å². The van der Waals surface area contributed by atoms with Crippen LogP contribution in [0.4, 0.5) is 5.69 Å². The van der Waals surface area contributed by atoms with E-state index in [-0.39, 0.29) is 12.0 Å². The molecule has 0 aromatic heterocycles. The topological polar surface area (TPSA) is 32.3 Å². The van der Waals surface area contributed by atoms with Gasteiger partial charge in [0.15, 0.2) is 0 Å². The summed E-state index contributed by atoms with van der Waals surface area (Å²) in [6.45, 7) is 4.54. The third-order valence-electron chi connectivity index (χ3n) is 2.18. The second kappa shape index (κ2) is 5.46. The van der Waals surface area contributed by atoms with Crippen LogP contribution in [0.15, 0.2) is 12.1 Å². The van der Waals surface area contributed by atoms with Crippen molar-refractivity contribution in [2.75, 3.05) is 18.5 Å². The fourth-order valence-electron chi connectivity index (χ4n) is 1.09. The van der Waals surface area contributed by atoms with Gasteiger partial charge in [-0.15, -0.1) is 0 Å². The van der Waals surface area contributed by atoms with E-state index in [0.29, 0.717) is 27.3 Å². The van der Waals surface area contributed by atoms with E-state index < -0.39 is 0 Å². The quantitative estimate of drug-likeness (QED) is 0.872. The number of benzene rings is 1. The van der Waals surface area contributed by atoms with Gasteiger partial charge in [0.25, 0.3) is 0 Å². The first kappa shape index (κ1) is 13.9. The van der Waals surface area contributed by atoms with Crippen LogP contribution >= 0.6 is 34.8 Å². The number of rotatable bonds is 4. The molecular formula is C11H14Cl3NO. The van der Waals surface area contributed by atoms with Crippen molar-refractivity contribution in [2.45, 2.75) is 13.8 Å². The normalized spacial score (nSPS) is 11.6. The third-order valence-corrected chi connectivity index (χ3v) is 2.99. The molecule has 16 heavy (non-hydrogen) atoms. The highest BCUT2D eigenvalue weighted by molar-refractivity contribution is 6.41. The molecule has 0 aliphatic heterocycles. The van der Waals surface area contributed by atoms with Crippen LogP contribution in [0.1, 0.15) is 13.8 Å². The number of halogens is 3. The van der Waals surface area contributed by atoms with E-state index >= 15 is 0 Å². The summed E-state index contributed by atoms with van der Waals surface area (Å²) in [6, 6.07) is 3.26. The van der Waals surface area contributed by atoms with Gasteiger partial charge < -0.3 is 10.4 Å². The molecule has 1 rings (SSSR count). The maximum atomic E-state index is 9.13. The Hall–Kier alpha value is -0.150. The minimum Gasteiger partial charge on any atom is -0.396 e. The summed E-state index contributed by atoms with van der Waals surface area (Å²) >= 11 is 17.8. The zero-order valence-corrected chi connectivity index (χ0v) is 11.4. The van der Waals surface area contributed by atoms with Gasteiger partial charge in [0.2, 0.25) is 0 Å². The fourth-order valence-corrected chi connectivity index (χ4v) is 2.05. The maximum Gasteiger partial charge on any atom is 0.0720 e. The largest absolute Gasteiger partial charge is 0.396 e. The van der Waals surface area contributed by atoms with Crippen LogP contribution in [-0.2, 0) is 0 Å². The van der Waals surface area contributed by atoms with E-state index in [9.17, 15) is 0 Å². The van der Waals surface area contributed by atoms with Gasteiger partial charge in [-0.1, -0.05) is 48.7 Å². The van der Waals surface area contributed by atoms with Gasteiger partial charge >= 0.3 is 0 Å². The Morgan fingerprint density at radius 1 is 1.19 bits per heavy atom. The minimum absolute atomic E-state index is 0.0861. The first-order valence-electron chi connectivity index (χ1n) is 4.85. The molecule has 0 atom stereocenters. The molecule has 0 aliphatic rings. The second-order valence-corrected chi connectivity index (χ2v) is 5.67. The summed E-state index contributed by atoms with van der Waals surface area (Å²) in [5.74, 6) is 0. The maximum absolute atomic E-state index is 9.13. The van der Waals surface area contributed by atoms with Crippen molar-refractivity contribution in [3.05, 3.63) is 27.2 Å². The highest BCUT2D eigenvalue weighted by atomic mass is 35.5. The predicted molar refractivity (Wildman–Crippen MR) is 70.8 cm³/mol. The third kappa shape index (κ3) is 3.70. The summed E-state index contributed by atoms with van der Waals surface area (Å²) in [4.78, 5) is 0. The van der Waals surface area contributed by atoms with E-state index in [1.165, 1.54) is 0 Å². The molecule has 0 amide bonds. The predicted octanol–water partition coefficient (Wildman–Crippen LogP) is 4.08. The zero-order chi connectivity index (χ0) is 12.3. The molecule has 0 bridgehead atoms. The Bertz CT molecular complexity index is 356. The molecule has 0 spiro atoms. The molecule has 0 aliphatic carbocycles. The molecule has 0 unspecified atom stereocenters. The average Bonchev–Trinajstić information content (AvgIpc) is 2.16. The summed E-state index contributed by atoms with van der Waals surface area (Å²) < 4.78 is 0. The molecular weight excluding hydrogens is 268 g/mol. The molecule has 0 saturated heterocycles. The fraction of sp³-hybridized carbons (Fsp3) is 0.455. The first-order chi connectivity index (χ1) is 7.35.